The van der Waals surface area contributed by atoms with Crippen LogP contribution in [0.25, 0.3) is 0 Å². The molecule has 0 saturated heterocycles. The molecule has 2 aromatic carbocycles. The Morgan fingerprint density at radius 2 is 1.79 bits per heavy atom. The largest absolute Gasteiger partial charge is 0.294 e. The Hall–Kier alpha value is -1.61. The Morgan fingerprint density at radius 3 is 2.42 bits per heavy atom. The summed E-state index contributed by atoms with van der Waals surface area (Å²) in [4.78, 5) is 13.4. The molecule has 0 unspecified atom stereocenters. The van der Waals surface area contributed by atoms with Crippen LogP contribution in [0.15, 0.2) is 46.2 Å². The van der Waals surface area contributed by atoms with Gasteiger partial charge in [-0.25, -0.2) is 4.39 Å². The van der Waals surface area contributed by atoms with Gasteiger partial charge in [0.05, 0.1) is 0 Å². The number of Topliss-reactive ketones (excluding diaryl/α,β-unsaturated/α-hetero) is 1. The molecule has 0 N–H and O–H groups in total. The number of aryl methyl sites for hydroxylation is 2. The average molecular weight is 274 g/mol. The highest BCUT2D eigenvalue weighted by Crippen LogP contribution is 2.32. The van der Waals surface area contributed by atoms with Gasteiger partial charge in [-0.05, 0) is 62.2 Å². The maximum atomic E-state index is 13.2. The molecule has 98 valence electrons. The van der Waals surface area contributed by atoms with E-state index in [4.69, 9.17) is 0 Å². The van der Waals surface area contributed by atoms with Gasteiger partial charge in [-0.2, -0.15) is 0 Å². The molecule has 2 rings (SSSR count). The number of benzene rings is 2. The lowest BCUT2D eigenvalue weighted by Gasteiger charge is -2.08. The quantitative estimate of drug-likeness (QED) is 0.748. The van der Waals surface area contributed by atoms with Gasteiger partial charge in [0.2, 0.25) is 0 Å². The van der Waals surface area contributed by atoms with Crippen molar-refractivity contribution in [2.24, 2.45) is 0 Å². The lowest BCUT2D eigenvalue weighted by molar-refractivity contribution is 0.101. The minimum absolute atomic E-state index is 0.120. The van der Waals surface area contributed by atoms with Crippen molar-refractivity contribution >= 4 is 17.5 Å². The summed E-state index contributed by atoms with van der Waals surface area (Å²) in [6, 6.07) is 10.5. The predicted octanol–water partition coefficient (Wildman–Crippen LogP) is 4.80. The lowest BCUT2D eigenvalue weighted by Crippen LogP contribution is -1.96. The molecule has 19 heavy (non-hydrogen) atoms. The number of carbonyl (C=O) groups is 1. The summed E-state index contributed by atoms with van der Waals surface area (Å²) < 4.78 is 13.2. The van der Waals surface area contributed by atoms with Crippen LogP contribution in [0.2, 0.25) is 0 Å². The van der Waals surface area contributed by atoms with Gasteiger partial charge < -0.3 is 0 Å². The fraction of sp³-hybridized carbons (Fsp3) is 0.188. The van der Waals surface area contributed by atoms with E-state index in [1.165, 1.54) is 41.9 Å². The highest BCUT2D eigenvalue weighted by Gasteiger charge is 2.10. The van der Waals surface area contributed by atoms with Gasteiger partial charge in [0, 0.05) is 15.4 Å². The highest BCUT2D eigenvalue weighted by molar-refractivity contribution is 7.99. The van der Waals surface area contributed by atoms with Crippen molar-refractivity contribution in [3.05, 3.63) is 58.9 Å². The second-order valence-corrected chi connectivity index (χ2v) is 5.66. The first-order chi connectivity index (χ1) is 8.97. The van der Waals surface area contributed by atoms with Gasteiger partial charge in [-0.3, -0.25) is 4.79 Å². The van der Waals surface area contributed by atoms with E-state index in [9.17, 15) is 9.18 Å². The third-order valence-electron chi connectivity index (χ3n) is 3.03. The van der Waals surface area contributed by atoms with E-state index in [0.29, 0.717) is 5.56 Å². The van der Waals surface area contributed by atoms with Crippen LogP contribution >= 0.6 is 11.8 Å². The maximum Gasteiger partial charge on any atom is 0.161 e. The topological polar surface area (TPSA) is 17.1 Å². The molecule has 0 aliphatic carbocycles. The van der Waals surface area contributed by atoms with E-state index < -0.39 is 0 Å². The summed E-state index contributed by atoms with van der Waals surface area (Å²) >= 11 is 1.49. The zero-order chi connectivity index (χ0) is 14.0. The van der Waals surface area contributed by atoms with Crippen molar-refractivity contribution in [3.8, 4) is 0 Å². The maximum absolute atomic E-state index is 13.2. The number of rotatable bonds is 3. The molecule has 0 aromatic heterocycles. The van der Waals surface area contributed by atoms with E-state index >= 15 is 0 Å². The lowest BCUT2D eigenvalue weighted by atomic mass is 10.1. The Balaban J connectivity index is 2.37. The van der Waals surface area contributed by atoms with Crippen LogP contribution in [0.3, 0.4) is 0 Å². The SMILES string of the molecule is CC(=O)c1cc(F)ccc1Sc1ccc(C)c(C)c1. The van der Waals surface area contributed by atoms with Gasteiger partial charge in [-0.15, -0.1) is 0 Å². The summed E-state index contributed by atoms with van der Waals surface area (Å²) in [5.74, 6) is -0.500. The summed E-state index contributed by atoms with van der Waals surface area (Å²) in [7, 11) is 0. The summed E-state index contributed by atoms with van der Waals surface area (Å²) in [6.07, 6.45) is 0. The Labute approximate surface area is 116 Å². The van der Waals surface area contributed by atoms with Crippen LogP contribution in [0.4, 0.5) is 4.39 Å². The molecule has 0 aliphatic heterocycles. The highest BCUT2D eigenvalue weighted by atomic mass is 32.2. The molecule has 0 aliphatic rings. The van der Waals surface area contributed by atoms with E-state index in [0.717, 1.165) is 9.79 Å². The van der Waals surface area contributed by atoms with E-state index in [2.05, 4.69) is 26.0 Å². The zero-order valence-electron chi connectivity index (χ0n) is 11.2. The molecule has 0 saturated carbocycles. The summed E-state index contributed by atoms with van der Waals surface area (Å²) in [5, 5.41) is 0. The van der Waals surface area contributed by atoms with Gasteiger partial charge >= 0.3 is 0 Å². The molecule has 0 radical (unpaired) electrons. The van der Waals surface area contributed by atoms with Crippen molar-refractivity contribution in [1.29, 1.82) is 0 Å². The summed E-state index contributed by atoms with van der Waals surface area (Å²) in [5.41, 5.74) is 2.87. The van der Waals surface area contributed by atoms with Gasteiger partial charge in [0.15, 0.2) is 5.78 Å². The van der Waals surface area contributed by atoms with Crippen LogP contribution < -0.4 is 0 Å². The average Bonchev–Trinajstić information content (AvgIpc) is 2.36. The second-order valence-electron chi connectivity index (χ2n) is 4.54. The van der Waals surface area contributed by atoms with Gasteiger partial charge in [0.1, 0.15) is 5.82 Å². The molecule has 0 spiro atoms. The molecule has 0 heterocycles. The Kier molecular flexibility index (Phi) is 4.05. The van der Waals surface area contributed by atoms with E-state index in [1.807, 2.05) is 6.07 Å². The molecule has 3 heteroatoms. The van der Waals surface area contributed by atoms with Gasteiger partial charge in [0.25, 0.3) is 0 Å². The van der Waals surface area contributed by atoms with Crippen molar-refractivity contribution in [1.82, 2.24) is 0 Å². The van der Waals surface area contributed by atoms with Crippen LogP contribution in [-0.4, -0.2) is 5.78 Å². The molecule has 2 aromatic rings. The van der Waals surface area contributed by atoms with Crippen LogP contribution in [0, 0.1) is 19.7 Å². The number of hydrogen-bond acceptors (Lipinski definition) is 2. The Bertz CT molecular complexity index is 635. The van der Waals surface area contributed by atoms with Crippen molar-refractivity contribution < 1.29 is 9.18 Å². The van der Waals surface area contributed by atoms with E-state index in [-0.39, 0.29) is 11.6 Å². The molecular weight excluding hydrogens is 259 g/mol. The van der Waals surface area contributed by atoms with Crippen LogP contribution in [0.1, 0.15) is 28.4 Å². The minimum atomic E-state index is -0.380. The van der Waals surface area contributed by atoms with Crippen LogP contribution in [0.5, 0.6) is 0 Å². The monoisotopic (exact) mass is 274 g/mol. The standard InChI is InChI=1S/C16H15FOS/c1-10-4-6-14(8-11(10)2)19-16-7-5-13(17)9-15(16)12(3)18/h4-9H,1-3H3. The number of hydrogen-bond donors (Lipinski definition) is 0. The number of carbonyl (C=O) groups excluding carboxylic acids is 1. The third-order valence-corrected chi connectivity index (χ3v) is 4.09. The molecular formula is C16H15FOS. The van der Waals surface area contributed by atoms with E-state index in [1.54, 1.807) is 6.07 Å². The molecule has 0 fully saturated rings. The van der Waals surface area contributed by atoms with Crippen molar-refractivity contribution in [2.75, 3.05) is 0 Å². The van der Waals surface area contributed by atoms with Crippen molar-refractivity contribution in [3.63, 3.8) is 0 Å². The number of halogens is 1. The van der Waals surface area contributed by atoms with Crippen molar-refractivity contribution in [2.45, 2.75) is 30.6 Å². The summed E-state index contributed by atoms with van der Waals surface area (Å²) in [6.45, 7) is 5.57. The van der Waals surface area contributed by atoms with Crippen LogP contribution in [-0.2, 0) is 0 Å². The zero-order valence-corrected chi connectivity index (χ0v) is 12.0. The molecule has 0 bridgehead atoms. The first-order valence-electron chi connectivity index (χ1n) is 6.03. The number of ketones is 1. The normalized spacial score (nSPS) is 10.5. The Morgan fingerprint density at radius 1 is 1.05 bits per heavy atom. The fourth-order valence-corrected chi connectivity index (χ4v) is 2.85. The smallest absolute Gasteiger partial charge is 0.161 e. The first-order valence-corrected chi connectivity index (χ1v) is 6.84. The molecule has 0 atom stereocenters. The first kappa shape index (κ1) is 13.8. The predicted molar refractivity (Wildman–Crippen MR) is 76.4 cm³/mol. The molecule has 0 amide bonds. The fourth-order valence-electron chi connectivity index (χ4n) is 1.77. The molecule has 1 nitrogen and oxygen atoms in total. The van der Waals surface area contributed by atoms with Gasteiger partial charge in [-0.1, -0.05) is 17.8 Å². The third kappa shape index (κ3) is 3.24. The second kappa shape index (κ2) is 5.57. The minimum Gasteiger partial charge on any atom is -0.294 e.